The van der Waals surface area contributed by atoms with Gasteiger partial charge < -0.3 is 25.2 Å². The number of aromatic nitrogens is 2. The Kier molecular flexibility index (Phi) is 6.24. The van der Waals surface area contributed by atoms with Crippen molar-refractivity contribution in [2.75, 3.05) is 61.6 Å². The van der Waals surface area contributed by atoms with Crippen molar-refractivity contribution >= 4 is 17.3 Å². The number of rotatable bonds is 7. The molecule has 2 aliphatic rings. The van der Waals surface area contributed by atoms with E-state index < -0.39 is 0 Å². The fourth-order valence-corrected chi connectivity index (χ4v) is 4.14. The van der Waals surface area contributed by atoms with Crippen LogP contribution in [0.25, 0.3) is 0 Å². The number of morpholine rings is 1. The molecule has 7 nitrogen and oxygen atoms in total. The molecule has 28 heavy (non-hydrogen) atoms. The van der Waals surface area contributed by atoms with Crippen LogP contribution in [0.4, 0.5) is 17.3 Å². The zero-order valence-corrected chi connectivity index (χ0v) is 16.6. The van der Waals surface area contributed by atoms with Crippen LogP contribution < -0.4 is 20.4 Å². The molecule has 1 atom stereocenters. The number of para-hydroxylation sites is 1. The van der Waals surface area contributed by atoms with Crippen molar-refractivity contribution in [1.82, 2.24) is 15.3 Å². The molecule has 0 saturated carbocycles. The number of nitrogens with zero attached hydrogens (tertiary/aromatic N) is 4. The highest BCUT2D eigenvalue weighted by Gasteiger charge is 2.25. The summed E-state index contributed by atoms with van der Waals surface area (Å²) in [6.45, 7) is 6.44. The van der Waals surface area contributed by atoms with Crippen LogP contribution in [-0.2, 0) is 11.3 Å². The van der Waals surface area contributed by atoms with Crippen molar-refractivity contribution in [3.63, 3.8) is 0 Å². The number of ether oxygens (including phenoxy) is 1. The molecule has 2 aromatic rings. The molecular formula is C21H30N6O. The minimum absolute atomic E-state index is 0.468. The molecule has 0 radical (unpaired) electrons. The largest absolute Gasteiger partial charge is 0.378 e. The predicted octanol–water partition coefficient (Wildman–Crippen LogP) is 2.11. The molecule has 2 aliphatic heterocycles. The minimum atomic E-state index is 0.468. The first-order chi connectivity index (χ1) is 13.8. The van der Waals surface area contributed by atoms with E-state index in [0.717, 1.165) is 57.6 Å². The second-order valence-electron chi connectivity index (χ2n) is 7.36. The van der Waals surface area contributed by atoms with Crippen molar-refractivity contribution < 1.29 is 4.74 Å². The Morgan fingerprint density at radius 3 is 2.86 bits per heavy atom. The standard InChI is InChI=1S/C21H30N6O/c1-22-20-13-21(25-16-24-20)27-8-4-6-18(27)15-23-14-17-5-2-3-7-19(17)26-9-11-28-12-10-26/h2-3,5,7,13,16,18,23H,4,6,8-12,14-15H2,1H3,(H,22,24,25). The lowest BCUT2D eigenvalue weighted by molar-refractivity contribution is 0.122. The van der Waals surface area contributed by atoms with Crippen LogP contribution in [0.1, 0.15) is 18.4 Å². The highest BCUT2D eigenvalue weighted by molar-refractivity contribution is 5.54. The Labute approximate surface area is 167 Å². The van der Waals surface area contributed by atoms with Gasteiger partial charge in [-0.05, 0) is 24.5 Å². The quantitative estimate of drug-likeness (QED) is 0.760. The Hall–Kier alpha value is -2.38. The van der Waals surface area contributed by atoms with Crippen LogP contribution in [0.2, 0.25) is 0 Å². The smallest absolute Gasteiger partial charge is 0.134 e. The molecule has 2 N–H and O–H groups in total. The molecule has 0 spiro atoms. The SMILES string of the molecule is CNc1cc(N2CCCC2CNCc2ccccc2N2CCOCC2)ncn1. The Morgan fingerprint density at radius 2 is 2.00 bits per heavy atom. The summed E-state index contributed by atoms with van der Waals surface area (Å²) in [7, 11) is 1.89. The van der Waals surface area contributed by atoms with E-state index in [9.17, 15) is 0 Å². The molecule has 2 saturated heterocycles. The van der Waals surface area contributed by atoms with E-state index in [1.165, 1.54) is 24.1 Å². The Balaban J connectivity index is 1.37. The molecule has 0 amide bonds. The third-order valence-corrected chi connectivity index (χ3v) is 5.62. The van der Waals surface area contributed by atoms with Crippen molar-refractivity contribution in [3.05, 3.63) is 42.2 Å². The number of anilines is 3. The first-order valence-electron chi connectivity index (χ1n) is 10.2. The molecule has 0 aliphatic carbocycles. The summed E-state index contributed by atoms with van der Waals surface area (Å²) in [4.78, 5) is 13.6. The molecule has 0 bridgehead atoms. The normalized spacial score (nSPS) is 19.8. The van der Waals surface area contributed by atoms with Crippen LogP contribution in [-0.4, -0.2) is 62.5 Å². The van der Waals surface area contributed by atoms with E-state index in [4.69, 9.17) is 4.74 Å². The lowest BCUT2D eigenvalue weighted by Crippen LogP contribution is -2.39. The predicted molar refractivity (Wildman–Crippen MR) is 113 cm³/mol. The zero-order chi connectivity index (χ0) is 19.2. The first kappa shape index (κ1) is 19.0. The van der Waals surface area contributed by atoms with Gasteiger partial charge in [-0.15, -0.1) is 0 Å². The molecule has 3 heterocycles. The molecule has 1 aromatic heterocycles. The second-order valence-corrected chi connectivity index (χ2v) is 7.36. The highest BCUT2D eigenvalue weighted by Crippen LogP contribution is 2.25. The second kappa shape index (κ2) is 9.21. The fourth-order valence-electron chi connectivity index (χ4n) is 4.14. The van der Waals surface area contributed by atoms with Crippen molar-refractivity contribution in [3.8, 4) is 0 Å². The van der Waals surface area contributed by atoms with Gasteiger partial charge in [0, 0.05) is 57.6 Å². The molecule has 1 unspecified atom stereocenters. The zero-order valence-electron chi connectivity index (χ0n) is 16.6. The van der Waals surface area contributed by atoms with Crippen LogP contribution in [0.5, 0.6) is 0 Å². The van der Waals surface area contributed by atoms with Gasteiger partial charge >= 0.3 is 0 Å². The Bertz CT molecular complexity index is 764. The summed E-state index contributed by atoms with van der Waals surface area (Å²) < 4.78 is 5.50. The van der Waals surface area contributed by atoms with E-state index >= 15 is 0 Å². The van der Waals surface area contributed by atoms with Crippen LogP contribution >= 0.6 is 0 Å². The van der Waals surface area contributed by atoms with Gasteiger partial charge in [0.15, 0.2) is 0 Å². The number of hydrogen-bond acceptors (Lipinski definition) is 7. The average molecular weight is 383 g/mol. The summed E-state index contributed by atoms with van der Waals surface area (Å²) in [6.07, 6.45) is 4.04. The number of nitrogens with one attached hydrogen (secondary N) is 2. The average Bonchev–Trinajstić information content (AvgIpc) is 3.23. The summed E-state index contributed by atoms with van der Waals surface area (Å²) in [5.41, 5.74) is 2.68. The monoisotopic (exact) mass is 382 g/mol. The van der Waals surface area contributed by atoms with E-state index in [0.29, 0.717) is 6.04 Å². The number of benzene rings is 1. The van der Waals surface area contributed by atoms with E-state index in [1.54, 1.807) is 6.33 Å². The number of hydrogen-bond donors (Lipinski definition) is 2. The molecule has 7 heteroatoms. The van der Waals surface area contributed by atoms with Gasteiger partial charge in [-0.3, -0.25) is 0 Å². The topological polar surface area (TPSA) is 65.5 Å². The molecule has 2 fully saturated rings. The molecule has 1 aromatic carbocycles. The van der Waals surface area contributed by atoms with Crippen molar-refractivity contribution in [2.24, 2.45) is 0 Å². The first-order valence-corrected chi connectivity index (χ1v) is 10.2. The van der Waals surface area contributed by atoms with Gasteiger partial charge in [0.1, 0.15) is 18.0 Å². The van der Waals surface area contributed by atoms with E-state index in [1.807, 2.05) is 13.1 Å². The van der Waals surface area contributed by atoms with Gasteiger partial charge in [-0.2, -0.15) is 0 Å². The summed E-state index contributed by atoms with van der Waals surface area (Å²) in [5, 5.41) is 6.79. The third-order valence-electron chi connectivity index (χ3n) is 5.62. The van der Waals surface area contributed by atoms with E-state index in [2.05, 4.69) is 54.7 Å². The lowest BCUT2D eigenvalue weighted by atomic mass is 10.1. The van der Waals surface area contributed by atoms with Gasteiger partial charge in [0.05, 0.1) is 13.2 Å². The molecule has 150 valence electrons. The maximum Gasteiger partial charge on any atom is 0.134 e. The highest BCUT2D eigenvalue weighted by atomic mass is 16.5. The van der Waals surface area contributed by atoms with Gasteiger partial charge in [0.2, 0.25) is 0 Å². The maximum atomic E-state index is 5.50. The van der Waals surface area contributed by atoms with Crippen molar-refractivity contribution in [2.45, 2.75) is 25.4 Å². The molecular weight excluding hydrogens is 352 g/mol. The summed E-state index contributed by atoms with van der Waals surface area (Å²) in [6, 6.07) is 11.2. The van der Waals surface area contributed by atoms with Crippen molar-refractivity contribution in [1.29, 1.82) is 0 Å². The fraction of sp³-hybridized carbons (Fsp3) is 0.524. The van der Waals surface area contributed by atoms with Gasteiger partial charge in [-0.25, -0.2) is 9.97 Å². The lowest BCUT2D eigenvalue weighted by Gasteiger charge is -2.31. The van der Waals surface area contributed by atoms with Crippen LogP contribution in [0, 0.1) is 0 Å². The molecule has 4 rings (SSSR count). The van der Waals surface area contributed by atoms with Gasteiger partial charge in [-0.1, -0.05) is 18.2 Å². The van der Waals surface area contributed by atoms with Crippen LogP contribution in [0.15, 0.2) is 36.7 Å². The summed E-state index contributed by atoms with van der Waals surface area (Å²) in [5.74, 6) is 1.88. The van der Waals surface area contributed by atoms with E-state index in [-0.39, 0.29) is 0 Å². The van der Waals surface area contributed by atoms with Crippen LogP contribution in [0.3, 0.4) is 0 Å². The maximum absolute atomic E-state index is 5.50. The minimum Gasteiger partial charge on any atom is -0.378 e. The van der Waals surface area contributed by atoms with Gasteiger partial charge in [0.25, 0.3) is 0 Å². The third kappa shape index (κ3) is 4.36. The summed E-state index contributed by atoms with van der Waals surface area (Å²) >= 11 is 0. The Morgan fingerprint density at radius 1 is 1.14 bits per heavy atom.